The van der Waals surface area contributed by atoms with Crippen LogP contribution < -0.4 is 4.74 Å². The molecule has 1 aliphatic heterocycles. The minimum Gasteiger partial charge on any atom is -0.491 e. The monoisotopic (exact) mass is 210 g/mol. The van der Waals surface area contributed by atoms with E-state index in [2.05, 4.69) is 0 Å². The molecule has 0 radical (unpaired) electrons. The Kier molecular flexibility index (Phi) is 3.21. The van der Waals surface area contributed by atoms with Crippen LogP contribution in [-0.2, 0) is 4.74 Å². The molecule has 1 aliphatic rings. The predicted octanol–water partition coefficient (Wildman–Crippen LogP) is 2.69. The van der Waals surface area contributed by atoms with E-state index in [1.807, 2.05) is 6.92 Å². The van der Waals surface area contributed by atoms with Gasteiger partial charge in [0.1, 0.15) is 18.2 Å². The summed E-state index contributed by atoms with van der Waals surface area (Å²) in [4.78, 5) is 0. The van der Waals surface area contributed by atoms with Crippen LogP contribution in [0.5, 0.6) is 5.75 Å². The predicted molar refractivity (Wildman–Crippen MR) is 55.6 cm³/mol. The van der Waals surface area contributed by atoms with E-state index in [-0.39, 0.29) is 11.9 Å². The summed E-state index contributed by atoms with van der Waals surface area (Å²) < 4.78 is 23.9. The highest BCUT2D eigenvalue weighted by Crippen LogP contribution is 2.20. The van der Waals surface area contributed by atoms with Gasteiger partial charge in [0, 0.05) is 12.7 Å². The van der Waals surface area contributed by atoms with E-state index in [0.29, 0.717) is 12.4 Å². The van der Waals surface area contributed by atoms with E-state index in [9.17, 15) is 4.39 Å². The van der Waals surface area contributed by atoms with Crippen molar-refractivity contribution in [2.24, 2.45) is 0 Å². The van der Waals surface area contributed by atoms with Crippen LogP contribution in [0.4, 0.5) is 4.39 Å². The van der Waals surface area contributed by atoms with E-state index in [1.54, 1.807) is 6.07 Å². The lowest BCUT2D eigenvalue weighted by Crippen LogP contribution is -2.16. The van der Waals surface area contributed by atoms with Crippen LogP contribution in [0.3, 0.4) is 0 Å². The first-order chi connectivity index (χ1) is 7.25. The molecule has 2 nitrogen and oxygen atoms in total. The second-order valence-electron chi connectivity index (χ2n) is 3.86. The normalized spacial score (nSPS) is 20.5. The summed E-state index contributed by atoms with van der Waals surface area (Å²) in [6.45, 7) is 3.24. The van der Waals surface area contributed by atoms with Crippen molar-refractivity contribution < 1.29 is 13.9 Å². The van der Waals surface area contributed by atoms with Crippen molar-refractivity contribution >= 4 is 0 Å². The molecular formula is C12H15FO2. The number of ether oxygens (including phenoxy) is 2. The quantitative estimate of drug-likeness (QED) is 0.763. The topological polar surface area (TPSA) is 18.5 Å². The first-order valence-corrected chi connectivity index (χ1v) is 5.26. The van der Waals surface area contributed by atoms with Gasteiger partial charge in [0.2, 0.25) is 0 Å². The molecule has 1 heterocycles. The zero-order chi connectivity index (χ0) is 10.7. The smallest absolute Gasteiger partial charge is 0.126 e. The van der Waals surface area contributed by atoms with Crippen LogP contribution in [0.15, 0.2) is 18.2 Å². The molecule has 0 saturated carbocycles. The Morgan fingerprint density at radius 3 is 3.13 bits per heavy atom. The number of rotatable bonds is 3. The van der Waals surface area contributed by atoms with Crippen molar-refractivity contribution in [1.29, 1.82) is 0 Å². The number of hydrogen-bond donors (Lipinski definition) is 0. The molecule has 1 aromatic rings. The fourth-order valence-electron chi connectivity index (χ4n) is 1.69. The Labute approximate surface area is 89.0 Å². The Morgan fingerprint density at radius 1 is 1.53 bits per heavy atom. The molecule has 15 heavy (non-hydrogen) atoms. The SMILES string of the molecule is Cc1ccc(F)cc1OCC1CCCO1. The number of aryl methyl sites for hydroxylation is 1. The molecular weight excluding hydrogens is 195 g/mol. The van der Waals surface area contributed by atoms with E-state index < -0.39 is 0 Å². The van der Waals surface area contributed by atoms with E-state index in [1.165, 1.54) is 12.1 Å². The van der Waals surface area contributed by atoms with Gasteiger partial charge < -0.3 is 9.47 Å². The van der Waals surface area contributed by atoms with Crippen molar-refractivity contribution in [3.63, 3.8) is 0 Å². The highest BCUT2D eigenvalue weighted by Gasteiger charge is 2.16. The summed E-state index contributed by atoms with van der Waals surface area (Å²) in [5.74, 6) is 0.355. The maximum atomic E-state index is 12.9. The summed E-state index contributed by atoms with van der Waals surface area (Å²) in [5.41, 5.74) is 0.953. The molecule has 0 aromatic heterocycles. The van der Waals surface area contributed by atoms with E-state index in [0.717, 1.165) is 25.0 Å². The number of hydrogen-bond acceptors (Lipinski definition) is 2. The van der Waals surface area contributed by atoms with E-state index >= 15 is 0 Å². The lowest BCUT2D eigenvalue weighted by atomic mass is 10.2. The Balaban J connectivity index is 1.94. The second-order valence-corrected chi connectivity index (χ2v) is 3.86. The molecule has 82 valence electrons. The number of benzene rings is 1. The van der Waals surface area contributed by atoms with Crippen molar-refractivity contribution in [2.45, 2.75) is 25.9 Å². The molecule has 1 saturated heterocycles. The van der Waals surface area contributed by atoms with Gasteiger partial charge in [-0.1, -0.05) is 6.07 Å². The Morgan fingerprint density at radius 2 is 2.40 bits per heavy atom. The van der Waals surface area contributed by atoms with Crippen LogP contribution in [0.2, 0.25) is 0 Å². The molecule has 0 bridgehead atoms. The van der Waals surface area contributed by atoms with Gasteiger partial charge in [-0.3, -0.25) is 0 Å². The van der Waals surface area contributed by atoms with Crippen molar-refractivity contribution in [3.05, 3.63) is 29.6 Å². The lowest BCUT2D eigenvalue weighted by Gasteiger charge is -2.13. The molecule has 0 N–H and O–H groups in total. The largest absolute Gasteiger partial charge is 0.491 e. The van der Waals surface area contributed by atoms with Crippen LogP contribution in [-0.4, -0.2) is 19.3 Å². The molecule has 1 aromatic carbocycles. The van der Waals surface area contributed by atoms with Crippen LogP contribution in [0, 0.1) is 12.7 Å². The summed E-state index contributed by atoms with van der Waals surface area (Å²) in [6.07, 6.45) is 2.30. The maximum absolute atomic E-state index is 12.9. The zero-order valence-electron chi connectivity index (χ0n) is 8.83. The molecule has 3 heteroatoms. The fourth-order valence-corrected chi connectivity index (χ4v) is 1.69. The van der Waals surface area contributed by atoms with Gasteiger partial charge in [-0.2, -0.15) is 0 Å². The van der Waals surface area contributed by atoms with Crippen molar-refractivity contribution in [2.75, 3.05) is 13.2 Å². The minimum absolute atomic E-state index is 0.174. The Hall–Kier alpha value is -1.09. The molecule has 2 rings (SSSR count). The van der Waals surface area contributed by atoms with Gasteiger partial charge in [0.05, 0.1) is 6.10 Å². The Bertz CT molecular complexity index is 332. The molecule has 1 unspecified atom stereocenters. The van der Waals surface area contributed by atoms with Crippen LogP contribution in [0.25, 0.3) is 0 Å². The first kappa shape index (κ1) is 10.4. The van der Waals surface area contributed by atoms with Gasteiger partial charge >= 0.3 is 0 Å². The summed E-state index contributed by atoms with van der Waals surface area (Å²) in [6, 6.07) is 4.58. The average Bonchev–Trinajstić information content (AvgIpc) is 2.72. The van der Waals surface area contributed by atoms with E-state index in [4.69, 9.17) is 9.47 Å². The summed E-state index contributed by atoms with van der Waals surface area (Å²) in [7, 11) is 0. The molecule has 1 atom stereocenters. The third-order valence-electron chi connectivity index (χ3n) is 2.60. The standard InChI is InChI=1S/C12H15FO2/c1-9-4-5-10(13)7-12(9)15-8-11-3-2-6-14-11/h4-5,7,11H,2-3,6,8H2,1H3. The van der Waals surface area contributed by atoms with Gasteiger partial charge in [0.25, 0.3) is 0 Å². The summed E-state index contributed by atoms with van der Waals surface area (Å²) >= 11 is 0. The third kappa shape index (κ3) is 2.69. The highest BCUT2D eigenvalue weighted by molar-refractivity contribution is 5.32. The molecule has 0 amide bonds. The average molecular weight is 210 g/mol. The lowest BCUT2D eigenvalue weighted by molar-refractivity contribution is 0.0676. The number of halogens is 1. The molecule has 0 aliphatic carbocycles. The summed E-state index contributed by atoms with van der Waals surface area (Å²) in [5, 5.41) is 0. The second kappa shape index (κ2) is 4.62. The fraction of sp³-hybridized carbons (Fsp3) is 0.500. The van der Waals surface area contributed by atoms with Crippen LogP contribution >= 0.6 is 0 Å². The van der Waals surface area contributed by atoms with Crippen LogP contribution in [0.1, 0.15) is 18.4 Å². The molecule has 0 spiro atoms. The van der Waals surface area contributed by atoms with Gasteiger partial charge in [-0.25, -0.2) is 4.39 Å². The van der Waals surface area contributed by atoms with Gasteiger partial charge in [-0.05, 0) is 31.4 Å². The maximum Gasteiger partial charge on any atom is 0.126 e. The highest BCUT2D eigenvalue weighted by atomic mass is 19.1. The van der Waals surface area contributed by atoms with Gasteiger partial charge in [0.15, 0.2) is 0 Å². The van der Waals surface area contributed by atoms with Gasteiger partial charge in [-0.15, -0.1) is 0 Å². The first-order valence-electron chi connectivity index (χ1n) is 5.26. The van der Waals surface area contributed by atoms with Crippen molar-refractivity contribution in [1.82, 2.24) is 0 Å². The molecule has 1 fully saturated rings. The van der Waals surface area contributed by atoms with Crippen molar-refractivity contribution in [3.8, 4) is 5.75 Å². The zero-order valence-corrected chi connectivity index (χ0v) is 8.83. The third-order valence-corrected chi connectivity index (χ3v) is 2.60. The minimum atomic E-state index is -0.261.